The van der Waals surface area contributed by atoms with E-state index in [1.165, 1.54) is 16.4 Å². The first-order valence-corrected chi connectivity index (χ1v) is 10.4. The normalized spacial score (nSPS) is 15.2. The Kier molecular flexibility index (Phi) is 5.32. The van der Waals surface area contributed by atoms with Crippen molar-refractivity contribution in [3.8, 4) is 0 Å². The lowest BCUT2D eigenvalue weighted by molar-refractivity contribution is 0.0939. The van der Waals surface area contributed by atoms with Gasteiger partial charge in [-0.3, -0.25) is 9.10 Å². The van der Waals surface area contributed by atoms with Crippen molar-refractivity contribution in [2.45, 2.75) is 44.0 Å². The summed E-state index contributed by atoms with van der Waals surface area (Å²) in [6.07, 6.45) is 2.52. The van der Waals surface area contributed by atoms with Gasteiger partial charge in [0.15, 0.2) is 0 Å². The first-order chi connectivity index (χ1) is 12.4. The summed E-state index contributed by atoms with van der Waals surface area (Å²) in [7, 11) is -3.64. The molecule has 138 valence electrons. The minimum Gasteiger partial charge on any atom is -0.350 e. The summed E-state index contributed by atoms with van der Waals surface area (Å²) in [6.45, 7) is 4.40. The van der Waals surface area contributed by atoms with Gasteiger partial charge < -0.3 is 5.32 Å². The van der Waals surface area contributed by atoms with E-state index in [1.807, 2.05) is 38.1 Å². The maximum atomic E-state index is 13.1. The topological polar surface area (TPSA) is 66.5 Å². The number of fused-ring (bicyclic) bond motifs is 1. The van der Waals surface area contributed by atoms with Crippen molar-refractivity contribution in [3.63, 3.8) is 0 Å². The van der Waals surface area contributed by atoms with Crippen molar-refractivity contribution in [2.24, 2.45) is 0 Å². The van der Waals surface area contributed by atoms with Gasteiger partial charge in [-0.2, -0.15) is 0 Å². The lowest BCUT2D eigenvalue weighted by Gasteiger charge is -2.30. The second kappa shape index (κ2) is 7.50. The van der Waals surface area contributed by atoms with Crippen molar-refractivity contribution < 1.29 is 13.2 Å². The van der Waals surface area contributed by atoms with E-state index in [0.29, 0.717) is 12.1 Å². The van der Waals surface area contributed by atoms with Crippen LogP contribution in [0.1, 0.15) is 42.6 Å². The number of carbonyl (C=O) groups excluding carboxylic acids is 1. The molecule has 0 aliphatic carbocycles. The zero-order valence-corrected chi connectivity index (χ0v) is 15.9. The van der Waals surface area contributed by atoms with Crippen molar-refractivity contribution in [1.29, 1.82) is 0 Å². The molecule has 1 atom stereocenters. The number of hydrogen-bond acceptors (Lipinski definition) is 3. The molecule has 1 aliphatic heterocycles. The van der Waals surface area contributed by atoms with Crippen LogP contribution in [-0.2, 0) is 16.4 Å². The fraction of sp³-hybridized carbons (Fsp3) is 0.350. The molecule has 2 aromatic rings. The van der Waals surface area contributed by atoms with Crippen LogP contribution < -0.4 is 9.62 Å². The van der Waals surface area contributed by atoms with Gasteiger partial charge in [0, 0.05) is 18.2 Å². The van der Waals surface area contributed by atoms with Gasteiger partial charge in [0.2, 0.25) is 0 Å². The number of nitrogens with one attached hydrogen (secondary N) is 1. The average Bonchev–Trinajstić information content (AvgIpc) is 2.67. The SMILES string of the molecule is CCC(C)NC(=O)c1ccc(S(=O)(=O)N2CCCc3ccccc32)cc1. The van der Waals surface area contributed by atoms with Crippen molar-refractivity contribution in [3.05, 3.63) is 59.7 Å². The van der Waals surface area contributed by atoms with Crippen LogP contribution in [0.15, 0.2) is 53.4 Å². The molecular formula is C20H24N2O3S. The summed E-state index contributed by atoms with van der Waals surface area (Å²) in [4.78, 5) is 12.4. The fourth-order valence-electron chi connectivity index (χ4n) is 3.06. The Morgan fingerprint density at radius 2 is 1.85 bits per heavy atom. The number of nitrogens with zero attached hydrogens (tertiary/aromatic N) is 1. The highest BCUT2D eigenvalue weighted by Crippen LogP contribution is 2.31. The maximum Gasteiger partial charge on any atom is 0.264 e. The van der Waals surface area contributed by atoms with Gasteiger partial charge in [0.05, 0.1) is 10.6 Å². The molecule has 3 rings (SSSR count). The van der Waals surface area contributed by atoms with Crippen LogP contribution >= 0.6 is 0 Å². The smallest absolute Gasteiger partial charge is 0.264 e. The van der Waals surface area contributed by atoms with Crippen molar-refractivity contribution in [1.82, 2.24) is 5.32 Å². The van der Waals surface area contributed by atoms with Gasteiger partial charge in [0.25, 0.3) is 15.9 Å². The van der Waals surface area contributed by atoms with Gasteiger partial charge >= 0.3 is 0 Å². The van der Waals surface area contributed by atoms with Crippen molar-refractivity contribution in [2.75, 3.05) is 10.8 Å². The Bertz CT molecular complexity index is 892. The highest BCUT2D eigenvalue weighted by Gasteiger charge is 2.28. The summed E-state index contributed by atoms with van der Waals surface area (Å²) >= 11 is 0. The third-order valence-electron chi connectivity index (χ3n) is 4.76. The number of benzene rings is 2. The van der Waals surface area contributed by atoms with Crippen LogP contribution in [0.25, 0.3) is 0 Å². The van der Waals surface area contributed by atoms with E-state index in [-0.39, 0.29) is 16.8 Å². The van der Waals surface area contributed by atoms with Gasteiger partial charge in [-0.15, -0.1) is 0 Å². The van der Waals surface area contributed by atoms with Gasteiger partial charge in [-0.25, -0.2) is 8.42 Å². The number of sulfonamides is 1. The number of anilines is 1. The van der Waals surface area contributed by atoms with E-state index in [9.17, 15) is 13.2 Å². The van der Waals surface area contributed by atoms with E-state index in [2.05, 4.69) is 5.32 Å². The Labute approximate surface area is 155 Å². The molecule has 0 saturated carbocycles. The number of hydrogen-bond donors (Lipinski definition) is 1. The van der Waals surface area contributed by atoms with Crippen LogP contribution in [0.3, 0.4) is 0 Å². The highest BCUT2D eigenvalue weighted by molar-refractivity contribution is 7.92. The lowest BCUT2D eigenvalue weighted by Crippen LogP contribution is -2.35. The summed E-state index contributed by atoms with van der Waals surface area (Å²) in [5.41, 5.74) is 2.26. The minimum absolute atomic E-state index is 0.0794. The third kappa shape index (κ3) is 3.60. The molecule has 0 radical (unpaired) electrons. The highest BCUT2D eigenvalue weighted by atomic mass is 32.2. The lowest BCUT2D eigenvalue weighted by atomic mass is 10.0. The molecule has 1 aliphatic rings. The Morgan fingerprint density at radius 3 is 2.54 bits per heavy atom. The Morgan fingerprint density at radius 1 is 1.15 bits per heavy atom. The molecular weight excluding hydrogens is 348 g/mol. The minimum atomic E-state index is -3.64. The summed E-state index contributed by atoms with van der Waals surface area (Å²) in [5.74, 6) is -0.188. The number of carbonyl (C=O) groups is 1. The molecule has 26 heavy (non-hydrogen) atoms. The molecule has 0 fully saturated rings. The molecule has 1 heterocycles. The molecule has 0 aromatic heterocycles. The maximum absolute atomic E-state index is 13.1. The van der Waals surface area contributed by atoms with Gasteiger partial charge in [-0.1, -0.05) is 25.1 Å². The second-order valence-corrected chi connectivity index (χ2v) is 8.48. The summed E-state index contributed by atoms with van der Waals surface area (Å²) in [6, 6.07) is 13.8. The predicted octanol–water partition coefficient (Wildman–Crippen LogP) is 3.36. The van der Waals surface area contributed by atoms with Crippen LogP contribution in [0.4, 0.5) is 5.69 Å². The Hall–Kier alpha value is -2.34. The Balaban J connectivity index is 1.86. The number of rotatable bonds is 5. The number of aryl methyl sites for hydroxylation is 1. The van der Waals surface area contributed by atoms with Crippen LogP contribution in [0.2, 0.25) is 0 Å². The number of amides is 1. The molecule has 6 heteroatoms. The largest absolute Gasteiger partial charge is 0.350 e. The monoisotopic (exact) mass is 372 g/mol. The van der Waals surface area contributed by atoms with Crippen LogP contribution in [0.5, 0.6) is 0 Å². The molecule has 2 aromatic carbocycles. The molecule has 0 saturated heterocycles. The molecule has 1 N–H and O–H groups in total. The van der Waals surface area contributed by atoms with E-state index in [4.69, 9.17) is 0 Å². The second-order valence-electron chi connectivity index (χ2n) is 6.62. The first-order valence-electron chi connectivity index (χ1n) is 8.95. The third-order valence-corrected chi connectivity index (χ3v) is 6.59. The standard InChI is InChI=1S/C20H24N2O3S/c1-3-15(2)21-20(23)17-10-12-18(13-11-17)26(24,25)22-14-6-8-16-7-4-5-9-19(16)22/h4-5,7,9-13,15H,3,6,8,14H2,1-2H3,(H,21,23). The van der Waals surface area contributed by atoms with E-state index in [0.717, 1.165) is 30.5 Å². The predicted molar refractivity (Wildman–Crippen MR) is 103 cm³/mol. The molecule has 1 unspecified atom stereocenters. The van der Waals surface area contributed by atoms with Gasteiger partial charge in [0.1, 0.15) is 0 Å². The van der Waals surface area contributed by atoms with Crippen LogP contribution in [-0.4, -0.2) is 26.9 Å². The fourth-order valence-corrected chi connectivity index (χ4v) is 4.60. The molecule has 0 spiro atoms. The zero-order chi connectivity index (χ0) is 18.7. The van der Waals surface area contributed by atoms with E-state index < -0.39 is 10.0 Å². The molecule has 5 nitrogen and oxygen atoms in total. The zero-order valence-electron chi connectivity index (χ0n) is 15.1. The average molecular weight is 372 g/mol. The van der Waals surface area contributed by atoms with Crippen LogP contribution in [0, 0.1) is 0 Å². The van der Waals surface area contributed by atoms with E-state index in [1.54, 1.807) is 12.1 Å². The summed E-state index contributed by atoms with van der Waals surface area (Å²) in [5, 5.41) is 2.88. The quantitative estimate of drug-likeness (QED) is 0.875. The van der Waals surface area contributed by atoms with Gasteiger partial charge in [-0.05, 0) is 62.1 Å². The molecule has 1 amide bonds. The number of para-hydroxylation sites is 1. The van der Waals surface area contributed by atoms with E-state index >= 15 is 0 Å². The summed E-state index contributed by atoms with van der Waals surface area (Å²) < 4.78 is 27.6. The van der Waals surface area contributed by atoms with Crippen molar-refractivity contribution >= 4 is 21.6 Å². The first kappa shape index (κ1) is 18.5. The molecule has 0 bridgehead atoms.